The molecule has 0 saturated carbocycles. The Bertz CT molecular complexity index is 156. The fraction of sp³-hybridized carbons (Fsp3) is 0.571. The maximum atomic E-state index is 10.3. The van der Waals surface area contributed by atoms with Crippen LogP contribution in [0.5, 0.6) is 0 Å². The first-order chi connectivity index (χ1) is 5.09. The van der Waals surface area contributed by atoms with E-state index in [2.05, 4.69) is 6.58 Å². The standard InChI is InChI=1S/C7H12O3S/c1-5(7(9)10)6(2)11-4-3-8/h6,8H,1,3-4H2,2H3,(H,9,10). The van der Waals surface area contributed by atoms with Crippen LogP contribution in [0.15, 0.2) is 12.2 Å². The van der Waals surface area contributed by atoms with E-state index in [0.29, 0.717) is 5.75 Å². The zero-order valence-corrected chi connectivity index (χ0v) is 7.23. The lowest BCUT2D eigenvalue weighted by molar-refractivity contribution is -0.132. The van der Waals surface area contributed by atoms with Crippen LogP contribution in [-0.4, -0.2) is 33.8 Å². The van der Waals surface area contributed by atoms with E-state index in [-0.39, 0.29) is 17.4 Å². The van der Waals surface area contributed by atoms with E-state index >= 15 is 0 Å². The van der Waals surface area contributed by atoms with Gasteiger partial charge in [-0.15, -0.1) is 0 Å². The molecule has 0 heterocycles. The molecule has 64 valence electrons. The number of aliphatic carboxylic acids is 1. The zero-order chi connectivity index (χ0) is 8.85. The topological polar surface area (TPSA) is 57.5 Å². The van der Waals surface area contributed by atoms with Gasteiger partial charge in [0.25, 0.3) is 0 Å². The Morgan fingerprint density at radius 1 is 1.73 bits per heavy atom. The molecule has 0 saturated heterocycles. The molecule has 0 bridgehead atoms. The lowest BCUT2D eigenvalue weighted by Gasteiger charge is -2.08. The van der Waals surface area contributed by atoms with E-state index in [9.17, 15) is 4.79 Å². The molecule has 0 fully saturated rings. The van der Waals surface area contributed by atoms with Crippen molar-refractivity contribution in [2.24, 2.45) is 0 Å². The molecule has 0 aromatic carbocycles. The third-order valence-corrected chi connectivity index (χ3v) is 2.43. The van der Waals surface area contributed by atoms with E-state index < -0.39 is 5.97 Å². The van der Waals surface area contributed by atoms with Crippen LogP contribution in [0.25, 0.3) is 0 Å². The van der Waals surface area contributed by atoms with E-state index in [1.165, 1.54) is 11.8 Å². The summed E-state index contributed by atoms with van der Waals surface area (Å²) in [6.45, 7) is 5.24. The van der Waals surface area contributed by atoms with Gasteiger partial charge in [-0.3, -0.25) is 0 Å². The average Bonchev–Trinajstić information content (AvgIpc) is 1.98. The molecule has 0 aromatic rings. The highest BCUT2D eigenvalue weighted by Crippen LogP contribution is 2.16. The number of rotatable bonds is 5. The fourth-order valence-electron chi connectivity index (χ4n) is 0.504. The SMILES string of the molecule is C=C(C(=O)O)C(C)SCCO. The van der Waals surface area contributed by atoms with Crippen LogP contribution >= 0.6 is 11.8 Å². The maximum Gasteiger partial charge on any atom is 0.332 e. The molecule has 0 aromatic heterocycles. The summed E-state index contributed by atoms with van der Waals surface area (Å²) >= 11 is 1.38. The molecule has 0 spiro atoms. The van der Waals surface area contributed by atoms with Crippen molar-refractivity contribution in [1.82, 2.24) is 0 Å². The second kappa shape index (κ2) is 5.21. The van der Waals surface area contributed by atoms with Crippen LogP contribution in [0, 0.1) is 0 Å². The van der Waals surface area contributed by atoms with Gasteiger partial charge >= 0.3 is 5.97 Å². The molecule has 0 amide bonds. The Labute approximate surface area is 70.1 Å². The zero-order valence-electron chi connectivity index (χ0n) is 6.41. The summed E-state index contributed by atoms with van der Waals surface area (Å²) in [4.78, 5) is 10.3. The van der Waals surface area contributed by atoms with Crippen molar-refractivity contribution < 1.29 is 15.0 Å². The van der Waals surface area contributed by atoms with Crippen LogP contribution in [-0.2, 0) is 4.79 Å². The summed E-state index contributed by atoms with van der Waals surface area (Å²) in [5, 5.41) is 16.8. The van der Waals surface area contributed by atoms with E-state index in [0.717, 1.165) is 0 Å². The monoisotopic (exact) mass is 176 g/mol. The first-order valence-electron chi connectivity index (χ1n) is 3.24. The molecule has 11 heavy (non-hydrogen) atoms. The van der Waals surface area contributed by atoms with Crippen molar-refractivity contribution in [3.63, 3.8) is 0 Å². The van der Waals surface area contributed by atoms with Crippen LogP contribution in [0.4, 0.5) is 0 Å². The molecule has 0 aliphatic rings. The fourth-order valence-corrected chi connectivity index (χ4v) is 1.26. The predicted octanol–water partition coefficient (Wildman–Crippen LogP) is 0.741. The number of carbonyl (C=O) groups is 1. The molecule has 0 aliphatic heterocycles. The van der Waals surface area contributed by atoms with Crippen molar-refractivity contribution in [2.45, 2.75) is 12.2 Å². The van der Waals surface area contributed by atoms with Gasteiger partial charge in [0.05, 0.1) is 6.61 Å². The number of carboxylic acids is 1. The van der Waals surface area contributed by atoms with Crippen LogP contribution in [0.2, 0.25) is 0 Å². The second-order valence-electron chi connectivity index (χ2n) is 2.07. The Morgan fingerprint density at radius 3 is 2.64 bits per heavy atom. The van der Waals surface area contributed by atoms with E-state index in [1.54, 1.807) is 6.92 Å². The first-order valence-corrected chi connectivity index (χ1v) is 4.29. The number of hydrogen-bond donors (Lipinski definition) is 2. The number of aliphatic hydroxyl groups excluding tert-OH is 1. The van der Waals surface area contributed by atoms with Crippen molar-refractivity contribution >= 4 is 17.7 Å². The van der Waals surface area contributed by atoms with E-state index in [1.807, 2.05) is 0 Å². The summed E-state index contributed by atoms with van der Waals surface area (Å²) in [6.07, 6.45) is 0. The number of aliphatic hydroxyl groups is 1. The van der Waals surface area contributed by atoms with Gasteiger partial charge in [0.1, 0.15) is 0 Å². The normalized spacial score (nSPS) is 12.5. The van der Waals surface area contributed by atoms with Crippen LogP contribution in [0.3, 0.4) is 0 Å². The van der Waals surface area contributed by atoms with Gasteiger partial charge in [-0.2, -0.15) is 11.8 Å². The van der Waals surface area contributed by atoms with Crippen molar-refractivity contribution in [3.05, 3.63) is 12.2 Å². The molecule has 3 nitrogen and oxygen atoms in total. The van der Waals surface area contributed by atoms with Gasteiger partial charge in [0.15, 0.2) is 0 Å². The Morgan fingerprint density at radius 2 is 2.27 bits per heavy atom. The van der Waals surface area contributed by atoms with Gasteiger partial charge in [0.2, 0.25) is 0 Å². The summed E-state index contributed by atoms with van der Waals surface area (Å²) < 4.78 is 0. The number of carboxylic acid groups (broad SMARTS) is 1. The predicted molar refractivity (Wildman–Crippen MR) is 45.8 cm³/mol. The maximum absolute atomic E-state index is 10.3. The van der Waals surface area contributed by atoms with E-state index in [4.69, 9.17) is 10.2 Å². The molecule has 2 N–H and O–H groups in total. The van der Waals surface area contributed by atoms with Crippen molar-refractivity contribution in [2.75, 3.05) is 12.4 Å². The molecular weight excluding hydrogens is 164 g/mol. The molecule has 4 heteroatoms. The summed E-state index contributed by atoms with van der Waals surface area (Å²) in [5.41, 5.74) is 0.184. The van der Waals surface area contributed by atoms with Gasteiger partial charge < -0.3 is 10.2 Å². The van der Waals surface area contributed by atoms with Gasteiger partial charge in [-0.05, 0) is 6.92 Å². The third kappa shape index (κ3) is 4.06. The summed E-state index contributed by atoms with van der Waals surface area (Å²) in [6, 6.07) is 0. The molecular formula is C7H12O3S. The summed E-state index contributed by atoms with van der Waals surface area (Å²) in [5.74, 6) is -0.420. The summed E-state index contributed by atoms with van der Waals surface area (Å²) in [7, 11) is 0. The highest BCUT2D eigenvalue weighted by molar-refractivity contribution is 8.00. The largest absolute Gasteiger partial charge is 0.478 e. The Kier molecular flexibility index (Phi) is 4.98. The molecule has 1 unspecified atom stereocenters. The van der Waals surface area contributed by atoms with Gasteiger partial charge in [-0.1, -0.05) is 6.58 Å². The number of thioether (sulfide) groups is 1. The third-order valence-electron chi connectivity index (χ3n) is 1.22. The smallest absolute Gasteiger partial charge is 0.332 e. The van der Waals surface area contributed by atoms with Crippen LogP contribution in [0.1, 0.15) is 6.92 Å². The van der Waals surface area contributed by atoms with Crippen LogP contribution < -0.4 is 0 Å². The lowest BCUT2D eigenvalue weighted by atomic mass is 10.2. The Balaban J connectivity index is 3.73. The van der Waals surface area contributed by atoms with Crippen molar-refractivity contribution in [3.8, 4) is 0 Å². The quantitative estimate of drug-likeness (QED) is 0.607. The lowest BCUT2D eigenvalue weighted by Crippen LogP contribution is -2.11. The minimum Gasteiger partial charge on any atom is -0.478 e. The average molecular weight is 176 g/mol. The number of hydrogen-bond acceptors (Lipinski definition) is 3. The molecule has 0 aliphatic carbocycles. The van der Waals surface area contributed by atoms with Gasteiger partial charge in [-0.25, -0.2) is 4.79 Å². The highest BCUT2D eigenvalue weighted by Gasteiger charge is 2.12. The Hall–Kier alpha value is -0.480. The highest BCUT2D eigenvalue weighted by atomic mass is 32.2. The van der Waals surface area contributed by atoms with Crippen molar-refractivity contribution in [1.29, 1.82) is 0 Å². The molecule has 0 radical (unpaired) electrons. The first kappa shape index (κ1) is 10.5. The molecule has 1 atom stereocenters. The molecule has 0 rings (SSSR count). The second-order valence-corrected chi connectivity index (χ2v) is 3.52. The minimum atomic E-state index is -0.970. The minimum absolute atomic E-state index is 0.0713. The van der Waals surface area contributed by atoms with Gasteiger partial charge in [0, 0.05) is 16.6 Å².